The van der Waals surface area contributed by atoms with Gasteiger partial charge in [0.2, 0.25) is 0 Å². The van der Waals surface area contributed by atoms with Gasteiger partial charge in [-0.3, -0.25) is 9.48 Å². The van der Waals surface area contributed by atoms with Gasteiger partial charge in [-0.1, -0.05) is 0 Å². The van der Waals surface area contributed by atoms with Crippen LogP contribution in [-0.4, -0.2) is 51.0 Å². The summed E-state index contributed by atoms with van der Waals surface area (Å²) in [7, 11) is 1.82. The lowest BCUT2D eigenvalue weighted by Crippen LogP contribution is -2.52. The first-order valence-electron chi connectivity index (χ1n) is 7.55. The fourth-order valence-corrected chi connectivity index (χ4v) is 2.53. The van der Waals surface area contributed by atoms with Crippen LogP contribution < -0.4 is 10.6 Å². The standard InChI is InChI=1S/C15H20N6O2/c1-10-7-12(20-21(10)2)15(22)19-11-4-6-23-8-13(11)18-14-3-5-16-9-17-14/h3,5,7,9,11,13H,4,6,8H2,1-2H3,(H,19,22)(H,16,17,18)/t11-,13+/m0/s1. The molecule has 0 aromatic carbocycles. The highest BCUT2D eigenvalue weighted by Crippen LogP contribution is 2.14. The third-order valence-electron chi connectivity index (χ3n) is 3.93. The summed E-state index contributed by atoms with van der Waals surface area (Å²) in [5, 5.41) is 10.6. The SMILES string of the molecule is Cc1cc(C(=O)N[C@H]2CCOC[C@H]2Nc2ccncn2)nn1C. The molecule has 0 aliphatic carbocycles. The smallest absolute Gasteiger partial charge is 0.272 e. The Bertz CT molecular complexity index is 652. The number of carbonyl (C=O) groups is 1. The summed E-state index contributed by atoms with van der Waals surface area (Å²) in [4.78, 5) is 20.4. The van der Waals surface area contributed by atoms with Crippen LogP contribution in [0.15, 0.2) is 24.7 Å². The van der Waals surface area contributed by atoms with Crippen molar-refractivity contribution in [2.24, 2.45) is 7.05 Å². The molecule has 1 aliphatic heterocycles. The van der Waals surface area contributed by atoms with Crippen molar-refractivity contribution in [3.8, 4) is 0 Å². The number of hydrogen-bond acceptors (Lipinski definition) is 6. The van der Waals surface area contributed by atoms with Crippen molar-refractivity contribution in [3.63, 3.8) is 0 Å². The second-order valence-electron chi connectivity index (χ2n) is 5.58. The van der Waals surface area contributed by atoms with Crippen molar-refractivity contribution in [3.05, 3.63) is 36.0 Å². The topological polar surface area (TPSA) is 94.0 Å². The van der Waals surface area contributed by atoms with E-state index in [0.717, 1.165) is 12.1 Å². The highest BCUT2D eigenvalue weighted by atomic mass is 16.5. The molecule has 23 heavy (non-hydrogen) atoms. The zero-order valence-electron chi connectivity index (χ0n) is 13.2. The molecule has 3 rings (SSSR count). The number of aromatic nitrogens is 4. The largest absolute Gasteiger partial charge is 0.379 e. The van der Waals surface area contributed by atoms with Crippen LogP contribution in [0.2, 0.25) is 0 Å². The van der Waals surface area contributed by atoms with Gasteiger partial charge in [-0.15, -0.1) is 0 Å². The number of anilines is 1. The van der Waals surface area contributed by atoms with E-state index in [0.29, 0.717) is 24.7 Å². The number of hydrogen-bond donors (Lipinski definition) is 2. The molecule has 2 aromatic heterocycles. The molecule has 2 aromatic rings. The third-order valence-corrected chi connectivity index (χ3v) is 3.93. The van der Waals surface area contributed by atoms with Crippen molar-refractivity contribution >= 4 is 11.7 Å². The van der Waals surface area contributed by atoms with Crippen molar-refractivity contribution in [2.75, 3.05) is 18.5 Å². The fourth-order valence-electron chi connectivity index (χ4n) is 2.53. The minimum Gasteiger partial charge on any atom is -0.379 e. The van der Waals surface area contributed by atoms with Gasteiger partial charge in [0.05, 0.1) is 18.7 Å². The molecule has 0 radical (unpaired) electrons. The summed E-state index contributed by atoms with van der Waals surface area (Å²) >= 11 is 0. The maximum absolute atomic E-state index is 12.4. The molecular weight excluding hydrogens is 296 g/mol. The van der Waals surface area contributed by atoms with Crippen LogP contribution in [0.5, 0.6) is 0 Å². The molecule has 1 aliphatic rings. The zero-order chi connectivity index (χ0) is 16.2. The number of carbonyl (C=O) groups excluding carboxylic acids is 1. The minimum atomic E-state index is -0.171. The molecule has 0 unspecified atom stereocenters. The molecule has 1 saturated heterocycles. The lowest BCUT2D eigenvalue weighted by Gasteiger charge is -2.32. The van der Waals surface area contributed by atoms with E-state index >= 15 is 0 Å². The Kier molecular flexibility index (Phi) is 4.52. The third kappa shape index (κ3) is 3.65. The van der Waals surface area contributed by atoms with Crippen LogP contribution in [-0.2, 0) is 11.8 Å². The molecule has 8 nitrogen and oxygen atoms in total. The molecule has 0 spiro atoms. The average molecular weight is 316 g/mol. The molecule has 3 heterocycles. The Balaban J connectivity index is 1.67. The quantitative estimate of drug-likeness (QED) is 0.854. The van der Waals surface area contributed by atoms with Crippen LogP contribution in [0.3, 0.4) is 0 Å². The van der Waals surface area contributed by atoms with E-state index in [4.69, 9.17) is 4.74 Å². The van der Waals surface area contributed by atoms with E-state index in [-0.39, 0.29) is 18.0 Å². The second kappa shape index (κ2) is 6.74. The number of rotatable bonds is 4. The Hall–Kier alpha value is -2.48. The fraction of sp³-hybridized carbons (Fsp3) is 0.467. The number of aryl methyl sites for hydroxylation is 2. The van der Waals surface area contributed by atoms with Gasteiger partial charge in [0.15, 0.2) is 0 Å². The number of ether oxygens (including phenoxy) is 1. The van der Waals surface area contributed by atoms with Gasteiger partial charge in [-0.25, -0.2) is 9.97 Å². The maximum atomic E-state index is 12.4. The minimum absolute atomic E-state index is 0.0477. The average Bonchev–Trinajstić information content (AvgIpc) is 2.90. The first kappa shape index (κ1) is 15.4. The first-order valence-corrected chi connectivity index (χ1v) is 7.55. The van der Waals surface area contributed by atoms with Gasteiger partial charge in [0.1, 0.15) is 17.8 Å². The predicted octanol–water partition coefficient (Wildman–Crippen LogP) is 0.518. The van der Waals surface area contributed by atoms with Crippen molar-refractivity contribution < 1.29 is 9.53 Å². The van der Waals surface area contributed by atoms with Crippen LogP contribution in [0.4, 0.5) is 5.82 Å². The molecule has 2 N–H and O–H groups in total. The van der Waals surface area contributed by atoms with Gasteiger partial charge in [-0.2, -0.15) is 5.10 Å². The van der Waals surface area contributed by atoms with E-state index < -0.39 is 0 Å². The van der Waals surface area contributed by atoms with Crippen LogP contribution in [0.1, 0.15) is 22.6 Å². The molecule has 1 amide bonds. The van der Waals surface area contributed by atoms with Gasteiger partial charge in [0, 0.05) is 25.5 Å². The summed E-state index contributed by atoms with van der Waals surface area (Å²) in [6.45, 7) is 3.04. The second-order valence-corrected chi connectivity index (χ2v) is 5.58. The first-order chi connectivity index (χ1) is 11.1. The predicted molar refractivity (Wildman–Crippen MR) is 84.1 cm³/mol. The Morgan fingerprint density at radius 3 is 3.00 bits per heavy atom. The van der Waals surface area contributed by atoms with E-state index in [1.165, 1.54) is 6.33 Å². The Morgan fingerprint density at radius 2 is 2.30 bits per heavy atom. The maximum Gasteiger partial charge on any atom is 0.272 e. The lowest BCUT2D eigenvalue weighted by atomic mass is 10.0. The summed E-state index contributed by atoms with van der Waals surface area (Å²) in [5.74, 6) is 0.540. The van der Waals surface area contributed by atoms with E-state index in [9.17, 15) is 4.79 Å². The molecule has 8 heteroatoms. The molecule has 1 fully saturated rings. The summed E-state index contributed by atoms with van der Waals surface area (Å²) < 4.78 is 7.21. The molecule has 2 atom stereocenters. The molecule has 0 bridgehead atoms. The van der Waals surface area contributed by atoms with E-state index in [2.05, 4.69) is 25.7 Å². The van der Waals surface area contributed by atoms with Crippen LogP contribution >= 0.6 is 0 Å². The highest BCUT2D eigenvalue weighted by molar-refractivity contribution is 5.92. The van der Waals surface area contributed by atoms with Crippen molar-refractivity contribution in [2.45, 2.75) is 25.4 Å². The monoisotopic (exact) mass is 316 g/mol. The normalized spacial score (nSPS) is 21.0. The number of nitrogens with zero attached hydrogens (tertiary/aromatic N) is 4. The van der Waals surface area contributed by atoms with Crippen molar-refractivity contribution in [1.82, 2.24) is 25.1 Å². The Morgan fingerprint density at radius 1 is 1.43 bits per heavy atom. The van der Waals surface area contributed by atoms with E-state index in [1.807, 2.05) is 14.0 Å². The van der Waals surface area contributed by atoms with Gasteiger partial charge in [0.25, 0.3) is 5.91 Å². The van der Waals surface area contributed by atoms with Gasteiger partial charge >= 0.3 is 0 Å². The van der Waals surface area contributed by atoms with Crippen LogP contribution in [0.25, 0.3) is 0 Å². The molecular formula is C15H20N6O2. The summed E-state index contributed by atoms with van der Waals surface area (Å²) in [6, 6.07) is 3.47. The molecule has 122 valence electrons. The summed E-state index contributed by atoms with van der Waals surface area (Å²) in [5.41, 5.74) is 1.37. The summed E-state index contributed by atoms with van der Waals surface area (Å²) in [6.07, 6.45) is 3.89. The number of amides is 1. The highest BCUT2D eigenvalue weighted by Gasteiger charge is 2.28. The zero-order valence-corrected chi connectivity index (χ0v) is 13.2. The Labute approximate surface area is 134 Å². The lowest BCUT2D eigenvalue weighted by molar-refractivity contribution is 0.0618. The molecule has 0 saturated carbocycles. The van der Waals surface area contributed by atoms with Gasteiger partial charge < -0.3 is 15.4 Å². The van der Waals surface area contributed by atoms with Gasteiger partial charge in [-0.05, 0) is 25.5 Å². The van der Waals surface area contributed by atoms with Crippen LogP contribution in [0, 0.1) is 6.92 Å². The van der Waals surface area contributed by atoms with Crippen molar-refractivity contribution in [1.29, 1.82) is 0 Å². The van der Waals surface area contributed by atoms with E-state index in [1.54, 1.807) is 23.0 Å². The number of nitrogens with one attached hydrogen (secondary N) is 2.